The second kappa shape index (κ2) is 7.95. The molecule has 0 amide bonds. The maximum Gasteiger partial charge on any atom is 0.185 e. The van der Waals surface area contributed by atoms with Crippen LogP contribution in [0, 0.1) is 0 Å². The molecule has 0 radical (unpaired) electrons. The molecular weight excluding hydrogens is 294 g/mol. The van der Waals surface area contributed by atoms with Gasteiger partial charge in [0, 0.05) is 31.3 Å². The summed E-state index contributed by atoms with van der Waals surface area (Å²) >= 11 is 1.65. The van der Waals surface area contributed by atoms with Crippen molar-refractivity contribution in [1.82, 2.24) is 10.3 Å². The fourth-order valence-electron chi connectivity index (χ4n) is 1.72. The Morgan fingerprint density at radius 2 is 2.05 bits per heavy atom. The number of nitrogens with one attached hydrogen (secondary N) is 1. The molecule has 1 aromatic heterocycles. The van der Waals surface area contributed by atoms with E-state index in [0.717, 1.165) is 36.8 Å². The molecule has 7 heteroatoms. The molecule has 1 N–H and O–H groups in total. The Kier molecular flexibility index (Phi) is 6.91. The van der Waals surface area contributed by atoms with Crippen LogP contribution >= 0.6 is 11.3 Å². The van der Waals surface area contributed by atoms with Gasteiger partial charge in [0.25, 0.3) is 0 Å². The fraction of sp³-hybridized carbons (Fsp3) is 0.769. The summed E-state index contributed by atoms with van der Waals surface area (Å²) < 4.78 is 22.4. The molecular formula is C13H25N3O2S2. The molecule has 0 saturated carbocycles. The van der Waals surface area contributed by atoms with Crippen LogP contribution in [0.3, 0.4) is 0 Å². The Bertz CT molecular complexity index is 512. The molecule has 0 saturated heterocycles. The smallest absolute Gasteiger partial charge is 0.185 e. The van der Waals surface area contributed by atoms with Gasteiger partial charge in [-0.15, -0.1) is 11.3 Å². The van der Waals surface area contributed by atoms with Gasteiger partial charge in [0.1, 0.15) is 9.84 Å². The van der Waals surface area contributed by atoms with Crippen LogP contribution in [0.5, 0.6) is 0 Å². The minimum atomic E-state index is -2.93. The quantitative estimate of drug-likeness (QED) is 0.702. The number of thiazole rings is 1. The van der Waals surface area contributed by atoms with Crippen LogP contribution in [0.1, 0.15) is 30.8 Å². The van der Waals surface area contributed by atoms with Crippen LogP contribution in [-0.4, -0.2) is 45.5 Å². The van der Waals surface area contributed by atoms with Crippen LogP contribution in [-0.2, 0) is 22.8 Å². The van der Waals surface area contributed by atoms with Gasteiger partial charge in [-0.1, -0.05) is 13.8 Å². The lowest BCUT2D eigenvalue weighted by Crippen LogP contribution is -2.24. The third kappa shape index (κ3) is 5.76. The highest BCUT2D eigenvalue weighted by Crippen LogP contribution is 2.26. The van der Waals surface area contributed by atoms with Crippen molar-refractivity contribution in [1.29, 1.82) is 0 Å². The van der Waals surface area contributed by atoms with Crippen molar-refractivity contribution >= 4 is 26.3 Å². The summed E-state index contributed by atoms with van der Waals surface area (Å²) in [6.07, 6.45) is 3.28. The van der Waals surface area contributed by atoms with Crippen LogP contribution in [0.4, 0.5) is 5.13 Å². The Morgan fingerprint density at radius 3 is 2.60 bits per heavy atom. The lowest BCUT2D eigenvalue weighted by Gasteiger charge is -2.14. The zero-order valence-corrected chi connectivity index (χ0v) is 14.4. The highest BCUT2D eigenvalue weighted by atomic mass is 32.2. The van der Waals surface area contributed by atoms with E-state index in [4.69, 9.17) is 0 Å². The molecule has 1 aromatic rings. The van der Waals surface area contributed by atoms with Crippen LogP contribution in [0.2, 0.25) is 0 Å². The molecule has 0 spiro atoms. The first-order valence-corrected chi connectivity index (χ1v) is 9.83. The van der Waals surface area contributed by atoms with Gasteiger partial charge >= 0.3 is 0 Å². The largest absolute Gasteiger partial charge is 0.350 e. The SMILES string of the molecule is CCCNCc1sc(N(C)CCS(C)(=O)=O)nc1CC. The predicted octanol–water partition coefficient (Wildman–Crippen LogP) is 1.69. The van der Waals surface area contributed by atoms with Gasteiger partial charge in [-0.05, 0) is 19.4 Å². The van der Waals surface area contributed by atoms with Crippen molar-refractivity contribution in [2.45, 2.75) is 33.2 Å². The van der Waals surface area contributed by atoms with E-state index in [1.165, 1.54) is 11.1 Å². The Balaban J connectivity index is 2.70. The number of hydrogen-bond acceptors (Lipinski definition) is 6. The summed E-state index contributed by atoms with van der Waals surface area (Å²) in [7, 11) is -1.04. The van der Waals surface area contributed by atoms with Crippen molar-refractivity contribution in [2.75, 3.05) is 37.0 Å². The van der Waals surface area contributed by atoms with Crippen LogP contribution in [0.25, 0.3) is 0 Å². The van der Waals surface area contributed by atoms with Gasteiger partial charge in [-0.25, -0.2) is 13.4 Å². The number of aromatic nitrogens is 1. The molecule has 0 fully saturated rings. The number of rotatable bonds is 9. The van der Waals surface area contributed by atoms with Gasteiger partial charge in [-0.2, -0.15) is 0 Å². The first-order valence-electron chi connectivity index (χ1n) is 6.95. The number of aryl methyl sites for hydroxylation is 1. The molecule has 5 nitrogen and oxygen atoms in total. The van der Waals surface area contributed by atoms with Crippen molar-refractivity contribution in [3.8, 4) is 0 Å². The molecule has 0 aliphatic heterocycles. The Morgan fingerprint density at radius 1 is 1.35 bits per heavy atom. The molecule has 116 valence electrons. The molecule has 1 heterocycles. The summed E-state index contributed by atoms with van der Waals surface area (Å²) in [5.74, 6) is 0.161. The third-order valence-corrected chi connectivity index (χ3v) is 5.07. The van der Waals surface area contributed by atoms with E-state index in [-0.39, 0.29) is 5.75 Å². The topological polar surface area (TPSA) is 62.3 Å². The average molecular weight is 319 g/mol. The Labute approximate surface area is 126 Å². The molecule has 0 bridgehead atoms. The van der Waals surface area contributed by atoms with Crippen molar-refractivity contribution in [3.63, 3.8) is 0 Å². The summed E-state index contributed by atoms with van der Waals surface area (Å²) in [5.41, 5.74) is 1.11. The lowest BCUT2D eigenvalue weighted by molar-refractivity contribution is 0.601. The maximum atomic E-state index is 11.2. The first-order chi connectivity index (χ1) is 9.37. The normalized spacial score (nSPS) is 11.8. The first kappa shape index (κ1) is 17.4. The summed E-state index contributed by atoms with van der Waals surface area (Å²) in [5, 5.41) is 4.29. The highest BCUT2D eigenvalue weighted by molar-refractivity contribution is 7.90. The summed E-state index contributed by atoms with van der Waals surface area (Å²) in [6, 6.07) is 0. The minimum absolute atomic E-state index is 0.161. The van der Waals surface area contributed by atoms with E-state index >= 15 is 0 Å². The fourth-order valence-corrected chi connectivity index (χ4v) is 3.44. The average Bonchev–Trinajstić information content (AvgIpc) is 2.79. The van der Waals surface area contributed by atoms with Gasteiger partial charge in [0.15, 0.2) is 5.13 Å². The van der Waals surface area contributed by atoms with E-state index in [0.29, 0.717) is 6.54 Å². The van der Waals surface area contributed by atoms with Crippen LogP contribution in [0.15, 0.2) is 0 Å². The second-order valence-corrected chi connectivity index (χ2v) is 8.27. The standard InChI is InChI=1S/C13H25N3O2S2/c1-5-7-14-10-12-11(6-2)15-13(19-12)16(3)8-9-20(4,17)18/h14H,5-10H2,1-4H3. The van der Waals surface area contributed by atoms with Crippen LogP contribution < -0.4 is 10.2 Å². The Hall–Kier alpha value is -0.660. The van der Waals surface area contributed by atoms with Crippen molar-refractivity contribution in [3.05, 3.63) is 10.6 Å². The molecule has 20 heavy (non-hydrogen) atoms. The zero-order valence-electron chi connectivity index (χ0n) is 12.8. The van der Waals surface area contributed by atoms with Gasteiger partial charge in [-0.3, -0.25) is 0 Å². The minimum Gasteiger partial charge on any atom is -0.350 e. The lowest BCUT2D eigenvalue weighted by atomic mass is 10.3. The third-order valence-electron chi connectivity index (χ3n) is 2.94. The van der Waals surface area contributed by atoms with E-state index in [1.54, 1.807) is 11.3 Å². The van der Waals surface area contributed by atoms with E-state index < -0.39 is 9.84 Å². The predicted molar refractivity (Wildman–Crippen MR) is 86.5 cm³/mol. The monoisotopic (exact) mass is 319 g/mol. The van der Waals surface area contributed by atoms with Gasteiger partial charge < -0.3 is 10.2 Å². The van der Waals surface area contributed by atoms with Crippen molar-refractivity contribution < 1.29 is 8.42 Å². The summed E-state index contributed by atoms with van der Waals surface area (Å²) in [6.45, 7) is 6.57. The zero-order chi connectivity index (χ0) is 15.2. The second-order valence-electron chi connectivity index (χ2n) is 4.95. The molecule has 0 aliphatic carbocycles. The van der Waals surface area contributed by atoms with Gasteiger partial charge in [0.2, 0.25) is 0 Å². The van der Waals surface area contributed by atoms with E-state index in [9.17, 15) is 8.42 Å². The van der Waals surface area contributed by atoms with E-state index in [1.807, 2.05) is 11.9 Å². The molecule has 0 aliphatic rings. The highest BCUT2D eigenvalue weighted by Gasteiger charge is 2.14. The molecule has 0 unspecified atom stereocenters. The number of anilines is 1. The molecule has 1 rings (SSSR count). The van der Waals surface area contributed by atoms with Gasteiger partial charge in [0.05, 0.1) is 11.4 Å². The number of nitrogens with zero attached hydrogens (tertiary/aromatic N) is 2. The molecule has 0 atom stereocenters. The van der Waals surface area contributed by atoms with E-state index in [2.05, 4.69) is 24.1 Å². The number of hydrogen-bond donors (Lipinski definition) is 1. The summed E-state index contributed by atoms with van der Waals surface area (Å²) in [4.78, 5) is 7.79. The molecule has 0 aromatic carbocycles. The maximum absolute atomic E-state index is 11.2. The number of sulfone groups is 1. The van der Waals surface area contributed by atoms with Crippen molar-refractivity contribution in [2.24, 2.45) is 0 Å².